The Kier molecular flexibility index (Phi) is 10.0. The summed E-state index contributed by atoms with van der Waals surface area (Å²) >= 11 is 0. The molecule has 0 spiro atoms. The molecule has 0 aliphatic carbocycles. The van der Waals surface area contributed by atoms with Gasteiger partial charge in [-0.15, -0.1) is 0 Å². The summed E-state index contributed by atoms with van der Waals surface area (Å²) in [6.45, 7) is 9.45. The summed E-state index contributed by atoms with van der Waals surface area (Å²) in [7, 11) is 0. The van der Waals surface area contributed by atoms with Gasteiger partial charge >= 0.3 is 0 Å². The van der Waals surface area contributed by atoms with Crippen LogP contribution in [0.15, 0.2) is 0 Å². The van der Waals surface area contributed by atoms with Gasteiger partial charge in [-0.2, -0.15) is 0 Å². The van der Waals surface area contributed by atoms with Gasteiger partial charge in [-0.25, -0.2) is 0 Å². The first-order valence-corrected chi connectivity index (χ1v) is 7.45. The summed E-state index contributed by atoms with van der Waals surface area (Å²) in [6, 6.07) is 0.307. The summed E-state index contributed by atoms with van der Waals surface area (Å²) in [5.41, 5.74) is 5.50. The van der Waals surface area contributed by atoms with Crippen molar-refractivity contribution in [3.05, 3.63) is 0 Å². The van der Waals surface area contributed by atoms with Crippen LogP contribution >= 0.6 is 0 Å². The highest BCUT2D eigenvalue weighted by Gasteiger charge is 2.09. The van der Waals surface area contributed by atoms with Gasteiger partial charge < -0.3 is 11.1 Å². The molecule has 2 unspecified atom stereocenters. The number of nitrogens with one attached hydrogen (secondary N) is 1. The largest absolute Gasteiger partial charge is 0.354 e. The molecule has 0 bridgehead atoms. The van der Waals surface area contributed by atoms with Gasteiger partial charge in [0.05, 0.1) is 0 Å². The van der Waals surface area contributed by atoms with E-state index in [9.17, 15) is 4.79 Å². The van der Waals surface area contributed by atoms with Crippen LogP contribution < -0.4 is 11.1 Å². The maximum Gasteiger partial charge on any atom is 0.220 e. The van der Waals surface area contributed by atoms with Crippen LogP contribution in [-0.4, -0.2) is 18.5 Å². The van der Waals surface area contributed by atoms with Crippen LogP contribution in [0, 0.1) is 11.8 Å². The molecule has 3 nitrogen and oxygen atoms in total. The maximum absolute atomic E-state index is 11.7. The number of carbonyl (C=O) groups is 1. The summed E-state index contributed by atoms with van der Waals surface area (Å²) in [5, 5.41) is 3.08. The minimum Gasteiger partial charge on any atom is -0.354 e. The Bertz CT molecular complexity index is 217. The molecule has 0 saturated heterocycles. The minimum absolute atomic E-state index is 0.191. The molecule has 3 heteroatoms. The third kappa shape index (κ3) is 10.6. The highest BCUT2D eigenvalue weighted by Crippen LogP contribution is 2.10. The van der Waals surface area contributed by atoms with E-state index < -0.39 is 0 Å². The summed E-state index contributed by atoms with van der Waals surface area (Å²) in [5.74, 6) is 1.50. The van der Waals surface area contributed by atoms with Crippen molar-refractivity contribution in [2.75, 3.05) is 6.54 Å². The van der Waals surface area contributed by atoms with Gasteiger partial charge in [-0.3, -0.25) is 4.79 Å². The van der Waals surface area contributed by atoms with Gasteiger partial charge in [-0.05, 0) is 44.6 Å². The Morgan fingerprint density at radius 2 is 1.72 bits per heavy atom. The van der Waals surface area contributed by atoms with E-state index in [2.05, 4.69) is 33.0 Å². The van der Waals surface area contributed by atoms with E-state index in [0.29, 0.717) is 24.9 Å². The fourth-order valence-corrected chi connectivity index (χ4v) is 2.06. The fourth-order valence-electron chi connectivity index (χ4n) is 2.06. The van der Waals surface area contributed by atoms with Gasteiger partial charge in [0, 0.05) is 12.5 Å². The molecule has 0 radical (unpaired) electrons. The van der Waals surface area contributed by atoms with Crippen molar-refractivity contribution in [2.45, 2.75) is 72.3 Å². The first-order chi connectivity index (χ1) is 8.45. The number of nitrogens with two attached hydrogens (primary N) is 1. The maximum atomic E-state index is 11.7. The molecule has 0 saturated carbocycles. The van der Waals surface area contributed by atoms with Crippen molar-refractivity contribution in [3.8, 4) is 0 Å². The van der Waals surface area contributed by atoms with Crippen molar-refractivity contribution in [2.24, 2.45) is 17.6 Å². The lowest BCUT2D eigenvalue weighted by Crippen LogP contribution is -2.32. The number of rotatable bonds is 10. The minimum atomic E-state index is 0.191. The summed E-state index contributed by atoms with van der Waals surface area (Å²) < 4.78 is 0. The lowest BCUT2D eigenvalue weighted by atomic mass is 10.0. The van der Waals surface area contributed by atoms with Crippen molar-refractivity contribution in [1.82, 2.24) is 5.32 Å². The third-order valence-electron chi connectivity index (χ3n) is 3.35. The van der Waals surface area contributed by atoms with Crippen LogP contribution in [0.2, 0.25) is 0 Å². The highest BCUT2D eigenvalue weighted by atomic mass is 16.1. The standard InChI is InChI=1S/C15H32N2O/c1-12(2)6-5-7-14(4)17-15(18)9-8-13(3)10-11-16/h12-14H,5-11,16H2,1-4H3,(H,17,18). The van der Waals surface area contributed by atoms with E-state index in [1.165, 1.54) is 12.8 Å². The molecule has 0 aliphatic rings. The zero-order chi connectivity index (χ0) is 14.0. The SMILES string of the molecule is CC(C)CCCC(C)NC(=O)CCC(C)CCN. The average molecular weight is 256 g/mol. The van der Waals surface area contributed by atoms with Crippen molar-refractivity contribution in [3.63, 3.8) is 0 Å². The predicted molar refractivity (Wildman–Crippen MR) is 78.4 cm³/mol. The van der Waals surface area contributed by atoms with E-state index in [0.717, 1.165) is 25.2 Å². The van der Waals surface area contributed by atoms with Crippen LogP contribution in [-0.2, 0) is 4.79 Å². The molecule has 0 fully saturated rings. The quantitative estimate of drug-likeness (QED) is 0.631. The molecule has 0 aromatic carbocycles. The Labute approximate surface area is 113 Å². The van der Waals surface area contributed by atoms with Crippen LogP contribution in [0.4, 0.5) is 0 Å². The normalized spacial score (nSPS) is 14.6. The monoisotopic (exact) mass is 256 g/mol. The van der Waals surface area contributed by atoms with Crippen molar-refractivity contribution >= 4 is 5.91 Å². The van der Waals surface area contributed by atoms with E-state index >= 15 is 0 Å². The molecule has 0 aromatic rings. The van der Waals surface area contributed by atoms with E-state index in [4.69, 9.17) is 5.73 Å². The second kappa shape index (κ2) is 10.4. The molecule has 0 heterocycles. The summed E-state index contributed by atoms with van der Waals surface area (Å²) in [4.78, 5) is 11.7. The van der Waals surface area contributed by atoms with Gasteiger partial charge in [0.25, 0.3) is 0 Å². The van der Waals surface area contributed by atoms with Crippen LogP contribution in [0.3, 0.4) is 0 Å². The molecule has 0 aromatic heterocycles. The second-order valence-electron chi connectivity index (χ2n) is 6.01. The first kappa shape index (κ1) is 17.4. The third-order valence-corrected chi connectivity index (χ3v) is 3.35. The topological polar surface area (TPSA) is 55.1 Å². The Balaban J connectivity index is 3.60. The molecule has 108 valence electrons. The lowest BCUT2D eigenvalue weighted by molar-refractivity contribution is -0.122. The molecule has 3 N–H and O–H groups in total. The number of hydrogen-bond donors (Lipinski definition) is 2. The fraction of sp³-hybridized carbons (Fsp3) is 0.933. The smallest absolute Gasteiger partial charge is 0.220 e. The van der Waals surface area contributed by atoms with Gasteiger partial charge in [-0.1, -0.05) is 33.6 Å². The molecule has 0 rings (SSSR count). The lowest BCUT2D eigenvalue weighted by Gasteiger charge is -2.15. The summed E-state index contributed by atoms with van der Waals surface area (Å²) in [6.07, 6.45) is 6.12. The van der Waals surface area contributed by atoms with E-state index in [1.807, 2.05) is 0 Å². The van der Waals surface area contributed by atoms with Crippen LogP contribution in [0.5, 0.6) is 0 Å². The molecule has 2 atom stereocenters. The van der Waals surface area contributed by atoms with Crippen LogP contribution in [0.1, 0.15) is 66.2 Å². The molecular weight excluding hydrogens is 224 g/mol. The zero-order valence-electron chi connectivity index (χ0n) is 12.7. The van der Waals surface area contributed by atoms with Crippen molar-refractivity contribution in [1.29, 1.82) is 0 Å². The molecule has 1 amide bonds. The van der Waals surface area contributed by atoms with Gasteiger partial charge in [0.2, 0.25) is 5.91 Å². The first-order valence-electron chi connectivity index (χ1n) is 7.45. The molecular formula is C15H32N2O. The van der Waals surface area contributed by atoms with Gasteiger partial charge in [0.15, 0.2) is 0 Å². The van der Waals surface area contributed by atoms with Crippen LogP contribution in [0.25, 0.3) is 0 Å². The number of amides is 1. The van der Waals surface area contributed by atoms with Crippen molar-refractivity contribution < 1.29 is 4.79 Å². The highest BCUT2D eigenvalue weighted by molar-refractivity contribution is 5.76. The predicted octanol–water partition coefficient (Wildman–Crippen LogP) is 3.08. The molecule has 0 aliphatic heterocycles. The zero-order valence-corrected chi connectivity index (χ0v) is 12.7. The van der Waals surface area contributed by atoms with E-state index in [-0.39, 0.29) is 5.91 Å². The van der Waals surface area contributed by atoms with Gasteiger partial charge in [0.1, 0.15) is 0 Å². The Morgan fingerprint density at radius 3 is 2.28 bits per heavy atom. The average Bonchev–Trinajstić information content (AvgIpc) is 2.26. The molecule has 18 heavy (non-hydrogen) atoms. The number of hydrogen-bond acceptors (Lipinski definition) is 2. The van der Waals surface area contributed by atoms with E-state index in [1.54, 1.807) is 0 Å². The Hall–Kier alpha value is -0.570. The Morgan fingerprint density at radius 1 is 1.06 bits per heavy atom. The number of carbonyl (C=O) groups excluding carboxylic acids is 1. The second-order valence-corrected chi connectivity index (χ2v) is 6.01.